The van der Waals surface area contributed by atoms with E-state index in [2.05, 4.69) is 5.32 Å². The van der Waals surface area contributed by atoms with E-state index in [1.165, 1.54) is 0 Å². The monoisotopic (exact) mass is 377 g/mol. The number of para-hydroxylation sites is 1. The van der Waals surface area contributed by atoms with Crippen molar-refractivity contribution in [3.63, 3.8) is 0 Å². The molecule has 1 aliphatic rings. The first-order chi connectivity index (χ1) is 13.7. The molecular formula is C22H23N3O3. The number of ether oxygens (including phenoxy) is 2. The summed E-state index contributed by atoms with van der Waals surface area (Å²) < 4.78 is 12.7. The molecule has 0 radical (unpaired) electrons. The second-order valence-electron chi connectivity index (χ2n) is 6.75. The fraction of sp³-hybridized carbons (Fsp3) is 0.273. The van der Waals surface area contributed by atoms with Crippen molar-refractivity contribution in [2.24, 2.45) is 0 Å². The molecule has 4 rings (SSSR count). The van der Waals surface area contributed by atoms with E-state index in [0.717, 1.165) is 36.4 Å². The third kappa shape index (κ3) is 3.92. The van der Waals surface area contributed by atoms with Crippen LogP contribution in [0.5, 0.6) is 5.75 Å². The highest BCUT2D eigenvalue weighted by molar-refractivity contribution is 6.00. The van der Waals surface area contributed by atoms with Crippen LogP contribution in [0.4, 0.5) is 0 Å². The summed E-state index contributed by atoms with van der Waals surface area (Å²) in [7, 11) is 1.62. The molecule has 6 nitrogen and oxygen atoms in total. The Morgan fingerprint density at radius 3 is 2.86 bits per heavy atom. The van der Waals surface area contributed by atoms with Crippen LogP contribution in [0, 0.1) is 0 Å². The maximum absolute atomic E-state index is 12.9. The molecule has 1 aliphatic heterocycles. The van der Waals surface area contributed by atoms with Gasteiger partial charge in [-0.25, -0.2) is 4.68 Å². The van der Waals surface area contributed by atoms with E-state index in [9.17, 15) is 4.79 Å². The second-order valence-corrected chi connectivity index (χ2v) is 6.75. The van der Waals surface area contributed by atoms with Crippen molar-refractivity contribution < 1.29 is 14.3 Å². The number of rotatable bonds is 6. The van der Waals surface area contributed by atoms with Crippen LogP contribution >= 0.6 is 0 Å². The number of aromatic nitrogens is 2. The number of benzene rings is 2. The molecule has 1 amide bonds. The van der Waals surface area contributed by atoms with Gasteiger partial charge in [-0.15, -0.1) is 0 Å². The van der Waals surface area contributed by atoms with Crippen LogP contribution in [0.1, 0.15) is 23.2 Å². The van der Waals surface area contributed by atoms with Gasteiger partial charge in [0.2, 0.25) is 0 Å². The molecule has 144 valence electrons. The van der Waals surface area contributed by atoms with Crippen LogP contribution < -0.4 is 10.1 Å². The normalized spacial score (nSPS) is 16.1. The topological polar surface area (TPSA) is 65.4 Å². The van der Waals surface area contributed by atoms with E-state index >= 15 is 0 Å². The third-order valence-corrected chi connectivity index (χ3v) is 4.84. The predicted molar refractivity (Wildman–Crippen MR) is 107 cm³/mol. The predicted octanol–water partition coefficient (Wildman–Crippen LogP) is 3.46. The largest absolute Gasteiger partial charge is 0.497 e. The van der Waals surface area contributed by atoms with Crippen LogP contribution in [-0.2, 0) is 4.74 Å². The zero-order chi connectivity index (χ0) is 19.3. The number of methoxy groups -OCH3 is 1. The van der Waals surface area contributed by atoms with Crippen LogP contribution in [0.3, 0.4) is 0 Å². The number of nitrogens with zero attached hydrogens (tertiary/aromatic N) is 2. The SMILES string of the molecule is COc1cccc(-c2nn(-c3ccccc3)cc2C(=O)NCC2CCCO2)c1. The third-order valence-electron chi connectivity index (χ3n) is 4.84. The van der Waals surface area contributed by atoms with Crippen molar-refractivity contribution in [2.75, 3.05) is 20.3 Å². The molecule has 1 unspecified atom stereocenters. The van der Waals surface area contributed by atoms with Crippen molar-refractivity contribution in [2.45, 2.75) is 18.9 Å². The van der Waals surface area contributed by atoms with Crippen LogP contribution in [0.15, 0.2) is 60.8 Å². The quantitative estimate of drug-likeness (QED) is 0.715. The summed E-state index contributed by atoms with van der Waals surface area (Å²) in [5.41, 5.74) is 2.86. The molecule has 3 aromatic rings. The van der Waals surface area contributed by atoms with Crippen molar-refractivity contribution in [3.8, 4) is 22.7 Å². The average molecular weight is 377 g/mol. The molecule has 1 atom stereocenters. The molecule has 0 bridgehead atoms. The maximum atomic E-state index is 12.9. The van der Waals surface area contributed by atoms with Crippen molar-refractivity contribution in [1.29, 1.82) is 0 Å². The van der Waals surface area contributed by atoms with Gasteiger partial charge in [0.05, 0.1) is 24.5 Å². The molecule has 1 saturated heterocycles. The summed E-state index contributed by atoms with van der Waals surface area (Å²) in [4.78, 5) is 12.9. The fourth-order valence-electron chi connectivity index (χ4n) is 3.34. The summed E-state index contributed by atoms with van der Waals surface area (Å²) in [5.74, 6) is 0.563. The summed E-state index contributed by atoms with van der Waals surface area (Å²) >= 11 is 0. The number of carbonyl (C=O) groups is 1. The molecule has 2 aromatic carbocycles. The van der Waals surface area contributed by atoms with E-state index < -0.39 is 0 Å². The van der Waals surface area contributed by atoms with Gasteiger partial charge < -0.3 is 14.8 Å². The van der Waals surface area contributed by atoms with Gasteiger partial charge in [-0.1, -0.05) is 30.3 Å². The van der Waals surface area contributed by atoms with Gasteiger partial charge in [0.15, 0.2) is 0 Å². The Labute approximate surface area is 164 Å². The molecular weight excluding hydrogens is 354 g/mol. The zero-order valence-electron chi connectivity index (χ0n) is 15.8. The first kappa shape index (κ1) is 18.3. The lowest BCUT2D eigenvalue weighted by molar-refractivity contribution is 0.0858. The van der Waals surface area contributed by atoms with Crippen molar-refractivity contribution >= 4 is 5.91 Å². The fourth-order valence-corrected chi connectivity index (χ4v) is 3.34. The first-order valence-electron chi connectivity index (χ1n) is 9.44. The Kier molecular flexibility index (Phi) is 5.39. The standard InChI is InChI=1S/C22H23N3O3/c1-27-18-10-5-7-16(13-18)21-20(22(26)23-14-19-11-6-12-28-19)15-25(24-21)17-8-3-2-4-9-17/h2-5,7-10,13,15,19H,6,11-12,14H2,1H3,(H,23,26). The minimum Gasteiger partial charge on any atom is -0.497 e. The summed E-state index contributed by atoms with van der Waals surface area (Å²) in [6, 6.07) is 17.3. The number of amides is 1. The van der Waals surface area contributed by atoms with Crippen LogP contribution in [0.25, 0.3) is 16.9 Å². The van der Waals surface area contributed by atoms with E-state index in [0.29, 0.717) is 17.8 Å². The van der Waals surface area contributed by atoms with Gasteiger partial charge in [-0.05, 0) is 37.1 Å². The molecule has 0 aliphatic carbocycles. The smallest absolute Gasteiger partial charge is 0.255 e. The van der Waals surface area contributed by atoms with Gasteiger partial charge in [0.25, 0.3) is 5.91 Å². The molecule has 2 heterocycles. The van der Waals surface area contributed by atoms with E-state index in [1.807, 2.05) is 54.6 Å². The Balaban J connectivity index is 1.68. The second kappa shape index (κ2) is 8.27. The highest BCUT2D eigenvalue weighted by Gasteiger charge is 2.21. The minimum absolute atomic E-state index is 0.0911. The minimum atomic E-state index is -0.157. The number of nitrogens with one attached hydrogen (secondary N) is 1. The Morgan fingerprint density at radius 2 is 2.11 bits per heavy atom. The van der Waals surface area contributed by atoms with Crippen molar-refractivity contribution in [1.82, 2.24) is 15.1 Å². The number of hydrogen-bond donors (Lipinski definition) is 1. The number of hydrogen-bond acceptors (Lipinski definition) is 4. The van der Waals surface area contributed by atoms with Gasteiger partial charge in [0, 0.05) is 24.9 Å². The first-order valence-corrected chi connectivity index (χ1v) is 9.44. The molecule has 0 spiro atoms. The highest BCUT2D eigenvalue weighted by Crippen LogP contribution is 2.27. The van der Waals surface area contributed by atoms with E-state index in [-0.39, 0.29) is 12.0 Å². The lowest BCUT2D eigenvalue weighted by atomic mass is 10.1. The lowest BCUT2D eigenvalue weighted by Crippen LogP contribution is -2.31. The molecule has 28 heavy (non-hydrogen) atoms. The lowest BCUT2D eigenvalue weighted by Gasteiger charge is -2.10. The molecule has 1 N–H and O–H groups in total. The van der Waals surface area contributed by atoms with E-state index in [1.54, 1.807) is 18.0 Å². The van der Waals surface area contributed by atoms with Gasteiger partial charge in [0.1, 0.15) is 11.4 Å². The molecule has 6 heteroatoms. The van der Waals surface area contributed by atoms with Crippen LogP contribution in [0.2, 0.25) is 0 Å². The molecule has 0 saturated carbocycles. The summed E-state index contributed by atoms with van der Waals surface area (Å²) in [5, 5.41) is 7.69. The number of carbonyl (C=O) groups excluding carboxylic acids is 1. The van der Waals surface area contributed by atoms with Gasteiger partial charge >= 0.3 is 0 Å². The maximum Gasteiger partial charge on any atom is 0.255 e. The molecule has 1 aromatic heterocycles. The Hall–Kier alpha value is -3.12. The van der Waals surface area contributed by atoms with E-state index in [4.69, 9.17) is 14.6 Å². The zero-order valence-corrected chi connectivity index (χ0v) is 15.8. The van der Waals surface area contributed by atoms with Gasteiger partial charge in [-0.3, -0.25) is 4.79 Å². The Bertz CT molecular complexity index is 947. The molecule has 1 fully saturated rings. The van der Waals surface area contributed by atoms with Crippen LogP contribution in [-0.4, -0.2) is 42.1 Å². The average Bonchev–Trinajstić information content (AvgIpc) is 3.43. The van der Waals surface area contributed by atoms with Crippen molar-refractivity contribution in [3.05, 3.63) is 66.4 Å². The highest BCUT2D eigenvalue weighted by atomic mass is 16.5. The summed E-state index contributed by atoms with van der Waals surface area (Å²) in [6.07, 6.45) is 3.89. The van der Waals surface area contributed by atoms with Gasteiger partial charge in [-0.2, -0.15) is 5.10 Å². The Morgan fingerprint density at radius 1 is 1.25 bits per heavy atom. The summed E-state index contributed by atoms with van der Waals surface area (Å²) in [6.45, 7) is 1.27.